The molecular weight excluding hydrogens is 350 g/mol. The monoisotopic (exact) mass is 373 g/mol. The summed E-state index contributed by atoms with van der Waals surface area (Å²) in [5, 5.41) is 4.31. The Morgan fingerprint density at radius 1 is 1.07 bits per heavy atom. The highest BCUT2D eigenvalue weighted by atomic mass is 16.5. The second kappa shape index (κ2) is 6.59. The highest BCUT2D eigenvalue weighted by molar-refractivity contribution is 5.80. The van der Waals surface area contributed by atoms with Crippen LogP contribution in [0.25, 0.3) is 0 Å². The van der Waals surface area contributed by atoms with Crippen molar-refractivity contribution in [1.82, 2.24) is 15.0 Å². The lowest BCUT2D eigenvalue weighted by Gasteiger charge is -2.24. The Labute approximate surface area is 164 Å². The maximum absolute atomic E-state index is 12.6. The Kier molecular flexibility index (Phi) is 4.04. The van der Waals surface area contributed by atoms with Crippen molar-refractivity contribution in [3.05, 3.63) is 83.5 Å². The maximum Gasteiger partial charge on any atom is 0.232 e. The van der Waals surface area contributed by atoms with Gasteiger partial charge in [-0.15, -0.1) is 0 Å². The third kappa shape index (κ3) is 2.82. The van der Waals surface area contributed by atoms with Crippen LogP contribution in [0.2, 0.25) is 0 Å². The molecule has 5 heteroatoms. The van der Waals surface area contributed by atoms with Gasteiger partial charge in [0.1, 0.15) is 0 Å². The van der Waals surface area contributed by atoms with E-state index in [2.05, 4.69) is 48.5 Å². The molecule has 0 bridgehead atoms. The van der Waals surface area contributed by atoms with Gasteiger partial charge in [0.15, 0.2) is 5.82 Å². The molecule has 28 heavy (non-hydrogen) atoms. The number of rotatable bonds is 5. The summed E-state index contributed by atoms with van der Waals surface area (Å²) in [7, 11) is 0. The van der Waals surface area contributed by atoms with Crippen molar-refractivity contribution < 1.29 is 9.32 Å². The van der Waals surface area contributed by atoms with Crippen LogP contribution in [-0.4, -0.2) is 27.5 Å². The number of hydrogen-bond acceptors (Lipinski definition) is 4. The van der Waals surface area contributed by atoms with Crippen LogP contribution in [-0.2, 0) is 10.2 Å². The number of aromatic nitrogens is 2. The molecule has 5 nitrogen and oxygen atoms in total. The Balaban J connectivity index is 1.35. The van der Waals surface area contributed by atoms with Gasteiger partial charge in [-0.3, -0.25) is 4.79 Å². The molecule has 1 amide bonds. The molecule has 2 aromatic carbocycles. The van der Waals surface area contributed by atoms with E-state index in [-0.39, 0.29) is 23.3 Å². The topological polar surface area (TPSA) is 59.2 Å². The van der Waals surface area contributed by atoms with E-state index in [1.54, 1.807) is 0 Å². The predicted molar refractivity (Wildman–Crippen MR) is 105 cm³/mol. The summed E-state index contributed by atoms with van der Waals surface area (Å²) in [6.07, 6.45) is 2.50. The van der Waals surface area contributed by atoms with Crippen LogP contribution < -0.4 is 0 Å². The minimum Gasteiger partial charge on any atom is -0.339 e. The van der Waals surface area contributed by atoms with Crippen LogP contribution in [0.5, 0.6) is 0 Å². The molecule has 0 N–H and O–H groups in total. The Hall–Kier alpha value is -2.95. The predicted octanol–water partition coefficient (Wildman–Crippen LogP) is 4.23. The van der Waals surface area contributed by atoms with E-state index in [4.69, 9.17) is 9.51 Å². The van der Waals surface area contributed by atoms with Crippen LogP contribution in [0.3, 0.4) is 0 Å². The molecule has 142 valence electrons. The summed E-state index contributed by atoms with van der Waals surface area (Å²) in [5.41, 5.74) is 2.27. The highest BCUT2D eigenvalue weighted by Crippen LogP contribution is 2.52. The second-order valence-electron chi connectivity index (χ2n) is 7.94. The van der Waals surface area contributed by atoms with Crippen LogP contribution in [0.15, 0.2) is 65.2 Å². The summed E-state index contributed by atoms with van der Waals surface area (Å²) < 4.78 is 5.64. The fourth-order valence-corrected chi connectivity index (χ4v) is 4.30. The summed E-state index contributed by atoms with van der Waals surface area (Å²) in [5.74, 6) is 1.46. The standard InChI is InChI=1S/C23H23N3O2/c1-16(17-8-4-2-5-9-17)26-15-18(14-20(26)27)21-24-22(25-28-21)23(12-13-23)19-10-6-3-7-11-19/h2-11,16,18H,12-15H2,1H3. The highest BCUT2D eigenvalue weighted by Gasteiger charge is 2.50. The normalized spacial score (nSPS) is 21.7. The van der Waals surface area contributed by atoms with E-state index < -0.39 is 0 Å². The maximum atomic E-state index is 12.6. The first-order chi connectivity index (χ1) is 13.7. The van der Waals surface area contributed by atoms with Gasteiger partial charge in [0.05, 0.1) is 17.4 Å². The van der Waals surface area contributed by atoms with E-state index in [1.807, 2.05) is 29.2 Å². The van der Waals surface area contributed by atoms with Crippen molar-refractivity contribution in [2.24, 2.45) is 0 Å². The Morgan fingerprint density at radius 3 is 2.43 bits per heavy atom. The molecule has 1 aliphatic carbocycles. The van der Waals surface area contributed by atoms with E-state index >= 15 is 0 Å². The fourth-order valence-electron chi connectivity index (χ4n) is 4.30. The first-order valence-electron chi connectivity index (χ1n) is 9.91. The van der Waals surface area contributed by atoms with Crippen molar-refractivity contribution in [3.8, 4) is 0 Å². The average molecular weight is 373 g/mol. The number of carbonyl (C=O) groups is 1. The van der Waals surface area contributed by atoms with E-state index in [0.29, 0.717) is 18.9 Å². The van der Waals surface area contributed by atoms with Crippen LogP contribution in [0, 0.1) is 0 Å². The second-order valence-corrected chi connectivity index (χ2v) is 7.94. The molecule has 0 radical (unpaired) electrons. The number of likely N-dealkylation sites (tertiary alicyclic amines) is 1. The van der Waals surface area contributed by atoms with Gasteiger partial charge < -0.3 is 9.42 Å². The molecule has 2 unspecified atom stereocenters. The van der Waals surface area contributed by atoms with Crippen LogP contribution in [0.1, 0.15) is 61.0 Å². The SMILES string of the molecule is CC(c1ccccc1)N1CC(c2nc(C3(c4ccccc4)CC3)no2)CC1=O. The molecule has 2 fully saturated rings. The molecule has 1 aliphatic heterocycles. The zero-order chi connectivity index (χ0) is 19.1. The van der Waals surface area contributed by atoms with E-state index in [1.165, 1.54) is 5.56 Å². The average Bonchev–Trinajstić information content (AvgIpc) is 3.23. The van der Waals surface area contributed by atoms with Gasteiger partial charge >= 0.3 is 0 Å². The third-order valence-corrected chi connectivity index (χ3v) is 6.20. The number of carbonyl (C=O) groups excluding carboxylic acids is 1. The molecular formula is C23H23N3O2. The molecule has 2 atom stereocenters. The summed E-state index contributed by atoms with van der Waals surface area (Å²) in [4.78, 5) is 19.3. The van der Waals surface area contributed by atoms with Gasteiger partial charge in [0, 0.05) is 13.0 Å². The summed E-state index contributed by atoms with van der Waals surface area (Å²) in [6, 6.07) is 20.6. The minimum atomic E-state index is -0.108. The molecule has 1 saturated carbocycles. The van der Waals surface area contributed by atoms with Crippen LogP contribution >= 0.6 is 0 Å². The number of amides is 1. The largest absolute Gasteiger partial charge is 0.339 e. The van der Waals surface area contributed by atoms with E-state index in [9.17, 15) is 4.79 Å². The first kappa shape index (κ1) is 17.2. The van der Waals surface area contributed by atoms with Crippen molar-refractivity contribution in [1.29, 1.82) is 0 Å². The van der Waals surface area contributed by atoms with Crippen molar-refractivity contribution in [2.45, 2.75) is 43.6 Å². The Morgan fingerprint density at radius 2 is 1.75 bits per heavy atom. The molecule has 5 rings (SSSR count). The molecule has 1 aromatic heterocycles. The minimum absolute atomic E-state index is 0.0357. The lowest BCUT2D eigenvalue weighted by Crippen LogP contribution is -2.28. The summed E-state index contributed by atoms with van der Waals surface area (Å²) in [6.45, 7) is 2.69. The van der Waals surface area contributed by atoms with Crippen molar-refractivity contribution >= 4 is 5.91 Å². The molecule has 3 aromatic rings. The number of nitrogens with zero attached hydrogens (tertiary/aromatic N) is 3. The fraction of sp³-hybridized carbons (Fsp3) is 0.348. The molecule has 2 heterocycles. The van der Waals surface area contributed by atoms with E-state index in [0.717, 1.165) is 24.2 Å². The molecule has 1 saturated heterocycles. The third-order valence-electron chi connectivity index (χ3n) is 6.20. The Bertz CT molecular complexity index is 979. The lowest BCUT2D eigenvalue weighted by molar-refractivity contribution is -0.129. The zero-order valence-corrected chi connectivity index (χ0v) is 15.9. The number of benzene rings is 2. The van der Waals surface area contributed by atoms with Gasteiger partial charge in [0.2, 0.25) is 11.8 Å². The van der Waals surface area contributed by atoms with Gasteiger partial charge in [-0.25, -0.2) is 0 Å². The first-order valence-corrected chi connectivity index (χ1v) is 9.91. The quantitative estimate of drug-likeness (QED) is 0.672. The number of hydrogen-bond donors (Lipinski definition) is 0. The van der Waals surface area contributed by atoms with Gasteiger partial charge in [0.25, 0.3) is 0 Å². The van der Waals surface area contributed by atoms with Gasteiger partial charge in [-0.2, -0.15) is 4.98 Å². The van der Waals surface area contributed by atoms with Crippen molar-refractivity contribution in [3.63, 3.8) is 0 Å². The smallest absolute Gasteiger partial charge is 0.232 e. The molecule has 0 spiro atoms. The summed E-state index contributed by atoms with van der Waals surface area (Å²) >= 11 is 0. The van der Waals surface area contributed by atoms with Crippen molar-refractivity contribution in [2.75, 3.05) is 6.54 Å². The lowest BCUT2D eigenvalue weighted by atomic mass is 9.95. The molecule has 2 aliphatic rings. The zero-order valence-electron chi connectivity index (χ0n) is 15.9. The van der Waals surface area contributed by atoms with Gasteiger partial charge in [-0.05, 0) is 30.9 Å². The van der Waals surface area contributed by atoms with Gasteiger partial charge in [-0.1, -0.05) is 65.8 Å². The van der Waals surface area contributed by atoms with Crippen LogP contribution in [0.4, 0.5) is 0 Å².